The molecular formula is C48H22S4. The quantitative estimate of drug-likeness (QED) is 0.170. The summed E-state index contributed by atoms with van der Waals surface area (Å²) in [5, 5.41) is 5.79. The average Bonchev–Trinajstić information content (AvgIpc) is 4.05. The van der Waals surface area contributed by atoms with Crippen LogP contribution in [0.2, 0.25) is 0 Å². The summed E-state index contributed by atoms with van der Waals surface area (Å²) in [6.07, 6.45) is 0. The molecule has 0 unspecified atom stereocenters. The van der Waals surface area contributed by atoms with Gasteiger partial charge in [-0.25, -0.2) is 0 Å². The van der Waals surface area contributed by atoms with Gasteiger partial charge in [-0.1, -0.05) is 109 Å². The third-order valence-electron chi connectivity index (χ3n) is 11.7. The van der Waals surface area contributed by atoms with Gasteiger partial charge in [0.15, 0.2) is 0 Å². The molecule has 0 saturated heterocycles. The molecule has 6 aromatic carbocycles. The van der Waals surface area contributed by atoms with Gasteiger partial charge in [0.2, 0.25) is 0 Å². The lowest BCUT2D eigenvalue weighted by Gasteiger charge is -2.08. The second-order valence-corrected chi connectivity index (χ2v) is 18.5. The Bertz CT molecular complexity index is 2890. The Morgan fingerprint density at radius 2 is 0.500 bits per heavy atom. The molecule has 4 aliphatic carbocycles. The van der Waals surface area contributed by atoms with Gasteiger partial charge in [-0.3, -0.25) is 0 Å². The maximum atomic E-state index is 2.48. The predicted molar refractivity (Wildman–Crippen MR) is 227 cm³/mol. The van der Waals surface area contributed by atoms with E-state index in [0.29, 0.717) is 0 Å². The van der Waals surface area contributed by atoms with Crippen molar-refractivity contribution in [3.63, 3.8) is 0 Å². The Labute approximate surface area is 315 Å². The first-order valence-corrected chi connectivity index (χ1v) is 20.9. The van der Waals surface area contributed by atoms with Crippen molar-refractivity contribution in [2.24, 2.45) is 0 Å². The van der Waals surface area contributed by atoms with Crippen LogP contribution in [-0.4, -0.2) is 0 Å². The second-order valence-electron chi connectivity index (χ2n) is 14.3. The van der Waals surface area contributed by atoms with Crippen molar-refractivity contribution in [1.82, 2.24) is 0 Å². The van der Waals surface area contributed by atoms with Gasteiger partial charge in [-0.15, -0.1) is 45.3 Å². The fourth-order valence-corrected chi connectivity index (χ4v) is 14.4. The molecular weight excluding hydrogens is 705 g/mol. The summed E-state index contributed by atoms with van der Waals surface area (Å²) < 4.78 is 0. The smallest absolute Gasteiger partial charge is 0.0456 e. The van der Waals surface area contributed by atoms with Gasteiger partial charge in [0.1, 0.15) is 0 Å². The lowest BCUT2D eigenvalue weighted by molar-refractivity contribution is 1.70. The Balaban J connectivity index is 0.851. The summed E-state index contributed by atoms with van der Waals surface area (Å²) in [5.74, 6) is 0. The van der Waals surface area contributed by atoms with Crippen molar-refractivity contribution in [3.05, 3.63) is 133 Å². The number of hydrogen-bond acceptors (Lipinski definition) is 4. The van der Waals surface area contributed by atoms with E-state index in [1.807, 2.05) is 45.3 Å². The fourth-order valence-electron chi connectivity index (χ4n) is 9.54. The molecule has 0 amide bonds. The van der Waals surface area contributed by atoms with Gasteiger partial charge in [0, 0.05) is 83.5 Å². The molecule has 14 rings (SSSR count). The Morgan fingerprint density at radius 1 is 0.231 bits per heavy atom. The molecule has 0 bridgehead atoms. The zero-order valence-electron chi connectivity index (χ0n) is 27.3. The lowest BCUT2D eigenvalue weighted by Crippen LogP contribution is -1.80. The van der Waals surface area contributed by atoms with E-state index in [9.17, 15) is 0 Å². The van der Waals surface area contributed by atoms with E-state index in [1.54, 1.807) is 0 Å². The van der Waals surface area contributed by atoms with Crippen molar-refractivity contribution in [1.29, 1.82) is 0 Å². The molecule has 0 nitrogen and oxygen atoms in total. The summed E-state index contributed by atoms with van der Waals surface area (Å²) in [4.78, 5) is 11.1. The van der Waals surface area contributed by atoms with E-state index >= 15 is 0 Å². The zero-order chi connectivity index (χ0) is 33.4. The number of benzene rings is 6. The van der Waals surface area contributed by atoms with Crippen LogP contribution in [0.5, 0.6) is 0 Å². The first-order chi connectivity index (χ1) is 25.8. The predicted octanol–water partition coefficient (Wildman–Crippen LogP) is 15.8. The summed E-state index contributed by atoms with van der Waals surface area (Å²) in [6, 6.07) is 50.6. The van der Waals surface area contributed by atoms with Crippen LogP contribution < -0.4 is 0 Å². The highest BCUT2D eigenvalue weighted by Crippen LogP contribution is 2.63. The van der Waals surface area contributed by atoms with E-state index in [2.05, 4.69) is 133 Å². The van der Waals surface area contributed by atoms with Crippen LogP contribution >= 0.6 is 45.3 Å². The molecule has 4 heteroatoms. The summed E-state index contributed by atoms with van der Waals surface area (Å²) in [5.41, 5.74) is 19.4. The van der Waals surface area contributed by atoms with E-state index in [-0.39, 0.29) is 0 Å². The summed E-state index contributed by atoms with van der Waals surface area (Å²) >= 11 is 7.82. The minimum atomic E-state index is 1.30. The lowest BCUT2D eigenvalue weighted by atomic mass is 9.97. The zero-order valence-corrected chi connectivity index (χ0v) is 30.6. The third kappa shape index (κ3) is 3.21. The first-order valence-electron chi connectivity index (χ1n) is 17.7. The van der Waals surface area contributed by atoms with Gasteiger partial charge in [-0.05, 0) is 79.2 Å². The van der Waals surface area contributed by atoms with Crippen LogP contribution in [0, 0.1) is 0 Å². The number of rotatable bonds is 3. The molecule has 4 aromatic heterocycles. The van der Waals surface area contributed by atoms with Crippen molar-refractivity contribution in [3.8, 4) is 117 Å². The van der Waals surface area contributed by atoms with Crippen molar-refractivity contribution in [2.45, 2.75) is 0 Å². The van der Waals surface area contributed by atoms with Crippen LogP contribution in [0.3, 0.4) is 0 Å². The SMILES string of the molecule is c1ccc(-c2cc3c(s2)-c2ccc4c5c(ccc-3c25)-c2cc(-c3cc5c(s3)-c3ccc6c7c(ccc-5c37)-c3cc(-c5ccccc5)sc3-6)sc2-4)cc1. The van der Waals surface area contributed by atoms with Crippen LogP contribution in [0.4, 0.5) is 0 Å². The molecule has 0 aliphatic heterocycles. The van der Waals surface area contributed by atoms with E-state index in [4.69, 9.17) is 0 Å². The molecule has 4 heterocycles. The normalized spacial score (nSPS) is 13.0. The average molecular weight is 727 g/mol. The Hall–Kier alpha value is -5.36. The van der Waals surface area contributed by atoms with Gasteiger partial charge in [0.25, 0.3) is 0 Å². The molecule has 0 radical (unpaired) electrons. The van der Waals surface area contributed by atoms with Crippen LogP contribution in [0.15, 0.2) is 133 Å². The topological polar surface area (TPSA) is 0 Å². The number of fused-ring (bicyclic) bond motifs is 12. The molecule has 52 heavy (non-hydrogen) atoms. The molecule has 238 valence electrons. The van der Waals surface area contributed by atoms with E-state index in [1.165, 1.54) is 138 Å². The van der Waals surface area contributed by atoms with Crippen LogP contribution in [0.1, 0.15) is 0 Å². The molecule has 4 aliphatic rings. The maximum absolute atomic E-state index is 2.48. The number of hydrogen-bond donors (Lipinski definition) is 0. The Morgan fingerprint density at radius 3 is 0.827 bits per heavy atom. The molecule has 0 saturated carbocycles. The molecule has 0 spiro atoms. The molecule has 0 N–H and O–H groups in total. The monoisotopic (exact) mass is 726 g/mol. The highest BCUT2D eigenvalue weighted by Gasteiger charge is 2.35. The summed E-state index contributed by atoms with van der Waals surface area (Å²) in [6.45, 7) is 0. The van der Waals surface area contributed by atoms with Gasteiger partial charge < -0.3 is 0 Å². The highest BCUT2D eigenvalue weighted by molar-refractivity contribution is 7.26. The minimum Gasteiger partial charge on any atom is -0.135 e. The van der Waals surface area contributed by atoms with E-state index < -0.39 is 0 Å². The summed E-state index contributed by atoms with van der Waals surface area (Å²) in [7, 11) is 0. The molecule has 0 atom stereocenters. The Kier molecular flexibility index (Phi) is 4.91. The molecule has 10 aromatic rings. The van der Waals surface area contributed by atoms with E-state index in [0.717, 1.165) is 0 Å². The second kappa shape index (κ2) is 9.35. The van der Waals surface area contributed by atoms with Crippen molar-refractivity contribution >= 4 is 66.9 Å². The van der Waals surface area contributed by atoms with Gasteiger partial charge in [-0.2, -0.15) is 0 Å². The first kappa shape index (κ1) is 27.3. The standard InChI is InChI=1S/C48H22S4/c1-3-7-23(8-4-1)37-19-33-25-11-13-27-35-21-39(51-47(35)31-17-15-29(45(33)49-37)41(25)43(27)31)40-22-36-28-14-12-26-34-20-38(24-9-5-2-6-10-24)50-46(34)30-16-18-32(48(36)52-40)44(28)42(26)30/h1-22H. The third-order valence-corrected chi connectivity index (χ3v) is 16.7. The van der Waals surface area contributed by atoms with Gasteiger partial charge >= 0.3 is 0 Å². The highest BCUT2D eigenvalue weighted by atomic mass is 32.1. The van der Waals surface area contributed by atoms with Crippen LogP contribution in [0.25, 0.3) is 138 Å². The van der Waals surface area contributed by atoms with Crippen molar-refractivity contribution in [2.75, 3.05) is 0 Å². The fraction of sp³-hybridized carbons (Fsp3) is 0. The van der Waals surface area contributed by atoms with Crippen molar-refractivity contribution < 1.29 is 0 Å². The van der Waals surface area contributed by atoms with Crippen LogP contribution in [-0.2, 0) is 0 Å². The molecule has 0 fully saturated rings. The maximum Gasteiger partial charge on any atom is 0.0456 e. The largest absolute Gasteiger partial charge is 0.135 e. The van der Waals surface area contributed by atoms with Gasteiger partial charge in [0.05, 0.1) is 0 Å². The minimum absolute atomic E-state index is 1.30. The number of thiophene rings is 4.